The van der Waals surface area contributed by atoms with Crippen LogP contribution in [0.1, 0.15) is 73.4 Å². The molecule has 0 fully saturated rings. The number of aromatic hydroxyl groups is 1. The smallest absolute Gasteiger partial charge is 0.161 e. The van der Waals surface area contributed by atoms with Gasteiger partial charge in [-0.2, -0.15) is 0 Å². The van der Waals surface area contributed by atoms with Crippen molar-refractivity contribution in [3.05, 3.63) is 70.4 Å². The molecule has 31 heavy (non-hydrogen) atoms. The summed E-state index contributed by atoms with van der Waals surface area (Å²) in [5.41, 5.74) is 4.39. The summed E-state index contributed by atoms with van der Waals surface area (Å²) in [4.78, 5) is 3.29. The molecule has 5 nitrogen and oxygen atoms in total. The molecule has 0 aliphatic carbocycles. The molecule has 0 unspecified atom stereocenters. The topological polar surface area (TPSA) is 78.6 Å². The Kier molecular flexibility index (Phi) is 8.24. The van der Waals surface area contributed by atoms with Crippen LogP contribution in [0, 0.1) is 0 Å². The second kappa shape index (κ2) is 11.1. The van der Waals surface area contributed by atoms with Crippen LogP contribution in [0.4, 0.5) is 0 Å². The van der Waals surface area contributed by atoms with Crippen LogP contribution in [0.25, 0.3) is 0 Å². The zero-order valence-electron chi connectivity index (χ0n) is 18.9. The van der Waals surface area contributed by atoms with Crippen LogP contribution >= 0.6 is 0 Å². The van der Waals surface area contributed by atoms with Crippen LogP contribution in [0.5, 0.6) is 11.5 Å². The molecule has 0 aliphatic heterocycles. The Morgan fingerprint density at radius 2 is 1.90 bits per heavy atom. The number of furan rings is 1. The molecular formula is C26H35NO4. The summed E-state index contributed by atoms with van der Waals surface area (Å²) in [5, 5.41) is 19.7. The van der Waals surface area contributed by atoms with Gasteiger partial charge in [-0.1, -0.05) is 33.3 Å². The molecule has 3 rings (SSSR count). The first kappa shape index (κ1) is 23.0. The third kappa shape index (κ3) is 6.41. The molecule has 0 saturated heterocycles. The number of aryl methyl sites for hydroxylation is 3. The van der Waals surface area contributed by atoms with Crippen molar-refractivity contribution in [3.8, 4) is 11.5 Å². The number of hydrogen-bond donors (Lipinski definition) is 3. The van der Waals surface area contributed by atoms with Crippen molar-refractivity contribution in [1.29, 1.82) is 0 Å². The van der Waals surface area contributed by atoms with Crippen molar-refractivity contribution in [2.45, 2.75) is 71.8 Å². The van der Waals surface area contributed by atoms with E-state index < -0.39 is 0 Å². The molecule has 1 aromatic carbocycles. The molecule has 0 saturated carbocycles. The quantitative estimate of drug-likeness (QED) is 0.349. The number of H-pyrrole nitrogens is 1. The number of rotatable bonds is 12. The third-order valence-corrected chi connectivity index (χ3v) is 5.62. The summed E-state index contributed by atoms with van der Waals surface area (Å²) in [7, 11) is 0. The first-order chi connectivity index (χ1) is 15.0. The number of nitrogens with one attached hydrogen (secondary N) is 1. The largest absolute Gasteiger partial charge is 0.504 e. The predicted molar refractivity (Wildman–Crippen MR) is 123 cm³/mol. The molecule has 0 spiro atoms. The van der Waals surface area contributed by atoms with Crippen LogP contribution in [-0.2, 0) is 32.3 Å². The standard InChI is InChI=1S/C26H35NO4/c1-4-5-6-25-21(17-28)15-23(31-25)9-7-19-8-10-24(29)26(13-19)30-12-11-22-14-20(16-27-22)18(2)3/h8,10,13-16,18,27-29H,4-7,9,11-12,17H2,1-3H3. The van der Waals surface area contributed by atoms with Gasteiger partial charge in [-0.25, -0.2) is 0 Å². The van der Waals surface area contributed by atoms with Gasteiger partial charge in [0.25, 0.3) is 0 Å². The van der Waals surface area contributed by atoms with Gasteiger partial charge in [-0.3, -0.25) is 0 Å². The second-order valence-corrected chi connectivity index (χ2v) is 8.44. The van der Waals surface area contributed by atoms with Crippen molar-refractivity contribution in [2.75, 3.05) is 6.61 Å². The highest BCUT2D eigenvalue weighted by Gasteiger charge is 2.11. The van der Waals surface area contributed by atoms with Gasteiger partial charge < -0.3 is 24.4 Å². The van der Waals surface area contributed by atoms with Gasteiger partial charge in [0.2, 0.25) is 0 Å². The van der Waals surface area contributed by atoms with Crippen LogP contribution in [0.3, 0.4) is 0 Å². The van der Waals surface area contributed by atoms with E-state index >= 15 is 0 Å². The highest BCUT2D eigenvalue weighted by atomic mass is 16.5. The van der Waals surface area contributed by atoms with Crippen molar-refractivity contribution < 1.29 is 19.4 Å². The summed E-state index contributed by atoms with van der Waals surface area (Å²) in [6.07, 6.45) is 7.33. The Morgan fingerprint density at radius 1 is 1.06 bits per heavy atom. The molecule has 0 aliphatic rings. The number of aliphatic hydroxyl groups is 1. The van der Waals surface area contributed by atoms with E-state index in [1.54, 1.807) is 6.07 Å². The molecule has 3 aromatic rings. The highest BCUT2D eigenvalue weighted by Crippen LogP contribution is 2.28. The average molecular weight is 426 g/mol. The lowest BCUT2D eigenvalue weighted by Gasteiger charge is -2.10. The fourth-order valence-corrected chi connectivity index (χ4v) is 3.64. The van der Waals surface area contributed by atoms with E-state index in [1.165, 1.54) is 5.56 Å². The van der Waals surface area contributed by atoms with Crippen LogP contribution in [0.2, 0.25) is 0 Å². The Hall–Kier alpha value is -2.66. The van der Waals surface area contributed by atoms with Crippen LogP contribution < -0.4 is 4.74 Å². The normalized spacial score (nSPS) is 11.4. The third-order valence-electron chi connectivity index (χ3n) is 5.62. The lowest BCUT2D eigenvalue weighted by Crippen LogP contribution is -2.02. The van der Waals surface area contributed by atoms with Crippen molar-refractivity contribution in [3.63, 3.8) is 0 Å². The molecule has 0 bridgehead atoms. The summed E-state index contributed by atoms with van der Waals surface area (Å²) in [5.74, 6) is 2.95. The summed E-state index contributed by atoms with van der Waals surface area (Å²) in [6.45, 7) is 7.00. The van der Waals surface area contributed by atoms with Crippen LogP contribution in [0.15, 0.2) is 40.9 Å². The van der Waals surface area contributed by atoms with E-state index in [4.69, 9.17) is 9.15 Å². The maximum atomic E-state index is 10.2. The van der Waals surface area contributed by atoms with E-state index in [-0.39, 0.29) is 12.4 Å². The first-order valence-corrected chi connectivity index (χ1v) is 11.3. The maximum Gasteiger partial charge on any atom is 0.161 e. The van der Waals surface area contributed by atoms with E-state index in [1.807, 2.05) is 24.4 Å². The summed E-state index contributed by atoms with van der Waals surface area (Å²) in [6, 6.07) is 9.63. The van der Waals surface area contributed by atoms with Gasteiger partial charge in [-0.05, 0) is 54.2 Å². The monoisotopic (exact) mass is 425 g/mol. The number of ether oxygens (including phenoxy) is 1. The van der Waals surface area contributed by atoms with Gasteiger partial charge in [0.1, 0.15) is 11.5 Å². The number of phenolic OH excluding ortho intramolecular Hbond substituents is 1. The molecule has 5 heteroatoms. The zero-order valence-corrected chi connectivity index (χ0v) is 18.9. The molecule has 3 N–H and O–H groups in total. The molecule has 2 heterocycles. The van der Waals surface area contributed by atoms with Crippen molar-refractivity contribution >= 4 is 0 Å². The summed E-state index contributed by atoms with van der Waals surface area (Å²) < 4.78 is 11.8. The minimum absolute atomic E-state index is 0.0131. The lowest BCUT2D eigenvalue weighted by molar-refractivity contribution is 0.277. The van der Waals surface area contributed by atoms with Gasteiger partial charge in [0.05, 0.1) is 13.2 Å². The Labute approximate surface area is 185 Å². The van der Waals surface area contributed by atoms with Crippen LogP contribution in [-0.4, -0.2) is 21.8 Å². The molecular weight excluding hydrogens is 390 g/mol. The number of phenols is 1. The molecule has 0 radical (unpaired) electrons. The van der Waals surface area contributed by atoms with Gasteiger partial charge in [-0.15, -0.1) is 0 Å². The molecule has 0 atom stereocenters. The molecule has 168 valence electrons. The fourth-order valence-electron chi connectivity index (χ4n) is 3.64. The van der Waals surface area contributed by atoms with Gasteiger partial charge in [0, 0.05) is 36.7 Å². The van der Waals surface area contributed by atoms with Crippen molar-refractivity contribution in [2.24, 2.45) is 0 Å². The fraction of sp³-hybridized carbons (Fsp3) is 0.462. The van der Waals surface area contributed by atoms with Gasteiger partial charge >= 0.3 is 0 Å². The number of aromatic nitrogens is 1. The maximum absolute atomic E-state index is 10.2. The minimum Gasteiger partial charge on any atom is -0.504 e. The van der Waals surface area contributed by atoms with E-state index in [2.05, 4.69) is 31.8 Å². The number of hydrogen-bond acceptors (Lipinski definition) is 4. The Balaban J connectivity index is 1.56. The predicted octanol–water partition coefficient (Wildman–Crippen LogP) is 5.68. The highest BCUT2D eigenvalue weighted by molar-refractivity contribution is 5.42. The molecule has 0 amide bonds. The number of aliphatic hydroxyl groups excluding tert-OH is 1. The summed E-state index contributed by atoms with van der Waals surface area (Å²) >= 11 is 0. The first-order valence-electron chi connectivity index (χ1n) is 11.3. The van der Waals surface area contributed by atoms with E-state index in [0.29, 0.717) is 18.3 Å². The van der Waals surface area contributed by atoms with E-state index in [0.717, 1.165) is 66.9 Å². The Morgan fingerprint density at radius 3 is 2.61 bits per heavy atom. The number of aromatic amines is 1. The minimum atomic E-state index is 0.0131. The average Bonchev–Trinajstić information content (AvgIpc) is 3.39. The van der Waals surface area contributed by atoms with Gasteiger partial charge in [0.15, 0.2) is 11.5 Å². The van der Waals surface area contributed by atoms with E-state index in [9.17, 15) is 10.2 Å². The SMILES string of the molecule is CCCCc1oc(CCc2ccc(O)c(OCCc3cc(C(C)C)c[nH]3)c2)cc1CO. The Bertz CT molecular complexity index is 954. The zero-order chi connectivity index (χ0) is 22.2. The lowest BCUT2D eigenvalue weighted by atomic mass is 10.1. The second-order valence-electron chi connectivity index (χ2n) is 8.44. The molecule has 2 aromatic heterocycles. The number of unbranched alkanes of at least 4 members (excludes halogenated alkanes) is 1. The van der Waals surface area contributed by atoms with Crippen molar-refractivity contribution in [1.82, 2.24) is 4.98 Å². The number of benzene rings is 1.